The zero-order chi connectivity index (χ0) is 11.8. The summed E-state index contributed by atoms with van der Waals surface area (Å²) in [6, 6.07) is 2.42. The molecule has 0 aliphatic heterocycles. The molecule has 17 heavy (non-hydrogen) atoms. The van der Waals surface area contributed by atoms with E-state index in [4.69, 9.17) is 11.6 Å². The molecule has 0 aromatic carbocycles. The first kappa shape index (κ1) is 11.5. The summed E-state index contributed by atoms with van der Waals surface area (Å²) in [5.41, 5.74) is 1.09. The average molecular weight is 315 g/mol. The average Bonchev–Trinajstić information content (AvgIpc) is 2.67. The number of pyridine rings is 1. The van der Waals surface area contributed by atoms with E-state index in [1.807, 2.05) is 6.07 Å². The number of fused-ring (bicyclic) bond motifs is 1. The van der Waals surface area contributed by atoms with Crippen molar-refractivity contribution >= 4 is 38.4 Å². The lowest BCUT2D eigenvalue weighted by Gasteiger charge is -2.22. The summed E-state index contributed by atoms with van der Waals surface area (Å²) < 4.78 is 2.98. The Kier molecular flexibility index (Phi) is 3.09. The SMILES string of the molecule is Clc1cc2c(cn1)c(Br)nn2C1CCCCC1. The van der Waals surface area contributed by atoms with Crippen LogP contribution in [0.3, 0.4) is 0 Å². The van der Waals surface area contributed by atoms with Gasteiger partial charge in [-0.3, -0.25) is 4.68 Å². The lowest BCUT2D eigenvalue weighted by Crippen LogP contribution is -2.13. The van der Waals surface area contributed by atoms with Gasteiger partial charge in [0.25, 0.3) is 0 Å². The quantitative estimate of drug-likeness (QED) is 0.733. The molecule has 0 radical (unpaired) electrons. The molecule has 0 bridgehead atoms. The van der Waals surface area contributed by atoms with Crippen LogP contribution in [0.2, 0.25) is 5.15 Å². The smallest absolute Gasteiger partial charge is 0.137 e. The molecule has 0 atom stereocenters. The summed E-state index contributed by atoms with van der Waals surface area (Å²) in [7, 11) is 0. The molecule has 2 aromatic rings. The van der Waals surface area contributed by atoms with Gasteiger partial charge in [0.05, 0.1) is 16.9 Å². The molecule has 3 rings (SSSR count). The summed E-state index contributed by atoms with van der Waals surface area (Å²) >= 11 is 9.47. The Morgan fingerprint density at radius 3 is 2.82 bits per heavy atom. The fourth-order valence-corrected chi connectivity index (χ4v) is 3.20. The van der Waals surface area contributed by atoms with E-state index in [1.54, 1.807) is 6.20 Å². The highest BCUT2D eigenvalue weighted by molar-refractivity contribution is 9.10. The third-order valence-electron chi connectivity index (χ3n) is 3.43. The largest absolute Gasteiger partial charge is 0.261 e. The minimum atomic E-state index is 0.510. The molecule has 1 fully saturated rings. The molecule has 2 heterocycles. The minimum Gasteiger partial charge on any atom is -0.261 e. The number of hydrogen-bond acceptors (Lipinski definition) is 2. The highest BCUT2D eigenvalue weighted by Gasteiger charge is 2.20. The summed E-state index contributed by atoms with van der Waals surface area (Å²) in [6.45, 7) is 0. The van der Waals surface area contributed by atoms with Gasteiger partial charge < -0.3 is 0 Å². The maximum atomic E-state index is 5.97. The minimum absolute atomic E-state index is 0.510. The molecule has 1 aliphatic rings. The molecule has 0 amide bonds. The standard InChI is InChI=1S/C12H13BrClN3/c13-12-9-7-15-11(14)6-10(9)17(16-12)8-4-2-1-3-5-8/h6-8H,1-5H2. The number of halogens is 2. The normalized spacial score (nSPS) is 17.8. The van der Waals surface area contributed by atoms with Crippen LogP contribution in [0.1, 0.15) is 38.1 Å². The van der Waals surface area contributed by atoms with Crippen LogP contribution in [0.4, 0.5) is 0 Å². The van der Waals surface area contributed by atoms with Crippen molar-refractivity contribution in [2.24, 2.45) is 0 Å². The van der Waals surface area contributed by atoms with Crippen molar-refractivity contribution in [2.75, 3.05) is 0 Å². The van der Waals surface area contributed by atoms with Gasteiger partial charge in [-0.2, -0.15) is 5.10 Å². The molecule has 0 spiro atoms. The van der Waals surface area contributed by atoms with Gasteiger partial charge in [-0.1, -0.05) is 30.9 Å². The predicted octanol–water partition coefficient (Wildman–Crippen LogP) is 4.35. The van der Waals surface area contributed by atoms with E-state index in [1.165, 1.54) is 32.1 Å². The van der Waals surface area contributed by atoms with Gasteiger partial charge in [0.1, 0.15) is 9.76 Å². The van der Waals surface area contributed by atoms with Crippen molar-refractivity contribution in [2.45, 2.75) is 38.1 Å². The first-order chi connectivity index (χ1) is 8.25. The molecule has 0 unspecified atom stereocenters. The van der Waals surface area contributed by atoms with Crippen LogP contribution in [0.15, 0.2) is 16.9 Å². The fourth-order valence-electron chi connectivity index (χ4n) is 2.57. The number of aromatic nitrogens is 3. The van der Waals surface area contributed by atoms with Crippen molar-refractivity contribution in [3.8, 4) is 0 Å². The lowest BCUT2D eigenvalue weighted by molar-refractivity contribution is 0.336. The van der Waals surface area contributed by atoms with Crippen LogP contribution in [0.25, 0.3) is 10.9 Å². The monoisotopic (exact) mass is 313 g/mol. The van der Waals surface area contributed by atoms with Gasteiger partial charge in [-0.15, -0.1) is 0 Å². The van der Waals surface area contributed by atoms with Crippen molar-refractivity contribution in [3.63, 3.8) is 0 Å². The molecule has 1 aliphatic carbocycles. The van der Waals surface area contributed by atoms with Crippen LogP contribution in [-0.2, 0) is 0 Å². The van der Waals surface area contributed by atoms with Gasteiger partial charge in [-0.05, 0) is 28.8 Å². The van der Waals surface area contributed by atoms with E-state index in [2.05, 4.69) is 30.7 Å². The van der Waals surface area contributed by atoms with Crippen molar-refractivity contribution in [3.05, 3.63) is 22.0 Å². The number of rotatable bonds is 1. The number of hydrogen-bond donors (Lipinski definition) is 0. The van der Waals surface area contributed by atoms with E-state index in [-0.39, 0.29) is 0 Å². The van der Waals surface area contributed by atoms with Gasteiger partial charge >= 0.3 is 0 Å². The van der Waals surface area contributed by atoms with Crippen LogP contribution < -0.4 is 0 Å². The van der Waals surface area contributed by atoms with E-state index < -0.39 is 0 Å². The van der Waals surface area contributed by atoms with E-state index in [9.17, 15) is 0 Å². The topological polar surface area (TPSA) is 30.7 Å². The van der Waals surface area contributed by atoms with Crippen LogP contribution >= 0.6 is 27.5 Å². The molecular weight excluding hydrogens is 302 g/mol. The third-order valence-corrected chi connectivity index (χ3v) is 4.23. The molecule has 1 saturated carbocycles. The second kappa shape index (κ2) is 4.58. The summed E-state index contributed by atoms with van der Waals surface area (Å²) in [5, 5.41) is 6.16. The highest BCUT2D eigenvalue weighted by Crippen LogP contribution is 2.33. The zero-order valence-electron chi connectivity index (χ0n) is 9.37. The van der Waals surface area contributed by atoms with Crippen molar-refractivity contribution < 1.29 is 0 Å². The molecule has 0 saturated heterocycles. The highest BCUT2D eigenvalue weighted by atomic mass is 79.9. The first-order valence-electron chi connectivity index (χ1n) is 5.95. The van der Waals surface area contributed by atoms with E-state index in [0.29, 0.717) is 11.2 Å². The second-order valence-electron chi connectivity index (χ2n) is 4.55. The Balaban J connectivity index is 2.11. The Morgan fingerprint density at radius 2 is 2.06 bits per heavy atom. The van der Waals surface area contributed by atoms with E-state index >= 15 is 0 Å². The Bertz CT molecular complexity index is 546. The lowest BCUT2D eigenvalue weighted by atomic mass is 9.95. The molecule has 2 aromatic heterocycles. The Hall–Kier alpha value is -0.610. The summed E-state index contributed by atoms with van der Waals surface area (Å²) in [4.78, 5) is 4.11. The van der Waals surface area contributed by atoms with Gasteiger partial charge in [-0.25, -0.2) is 4.98 Å². The summed E-state index contributed by atoms with van der Waals surface area (Å²) in [6.07, 6.45) is 8.14. The maximum Gasteiger partial charge on any atom is 0.137 e. The van der Waals surface area contributed by atoms with Crippen LogP contribution in [0, 0.1) is 0 Å². The third kappa shape index (κ3) is 2.08. The summed E-state index contributed by atoms with van der Waals surface area (Å²) in [5.74, 6) is 0. The molecular formula is C12H13BrClN3. The zero-order valence-corrected chi connectivity index (χ0v) is 11.7. The van der Waals surface area contributed by atoms with Crippen LogP contribution in [-0.4, -0.2) is 14.8 Å². The molecule has 5 heteroatoms. The Labute approximate surface area is 113 Å². The van der Waals surface area contributed by atoms with Gasteiger partial charge in [0, 0.05) is 12.3 Å². The molecule has 90 valence electrons. The number of nitrogens with zero attached hydrogens (tertiary/aromatic N) is 3. The second-order valence-corrected chi connectivity index (χ2v) is 5.69. The van der Waals surface area contributed by atoms with Crippen molar-refractivity contribution in [1.82, 2.24) is 14.8 Å². The maximum absolute atomic E-state index is 5.97. The Morgan fingerprint density at radius 1 is 1.29 bits per heavy atom. The van der Waals surface area contributed by atoms with E-state index in [0.717, 1.165) is 15.5 Å². The van der Waals surface area contributed by atoms with Crippen LogP contribution in [0.5, 0.6) is 0 Å². The fraction of sp³-hybridized carbons (Fsp3) is 0.500. The van der Waals surface area contributed by atoms with Gasteiger partial charge in [0.15, 0.2) is 0 Å². The van der Waals surface area contributed by atoms with Gasteiger partial charge in [0.2, 0.25) is 0 Å². The first-order valence-corrected chi connectivity index (χ1v) is 7.12. The predicted molar refractivity (Wildman–Crippen MR) is 72.4 cm³/mol. The molecule has 3 nitrogen and oxygen atoms in total. The van der Waals surface area contributed by atoms with Crippen molar-refractivity contribution in [1.29, 1.82) is 0 Å². The molecule has 0 N–H and O–H groups in total.